The summed E-state index contributed by atoms with van der Waals surface area (Å²) in [5.74, 6) is 0.0934. The number of aromatic nitrogens is 3. The van der Waals surface area contributed by atoms with E-state index in [0.717, 1.165) is 11.1 Å². The molecule has 0 aliphatic heterocycles. The Morgan fingerprint density at radius 3 is 2.31 bits per heavy atom. The van der Waals surface area contributed by atoms with Crippen LogP contribution in [0.1, 0.15) is 11.1 Å². The molecular formula is C24H19ClN4O2S. The van der Waals surface area contributed by atoms with Crippen molar-refractivity contribution >= 4 is 49.5 Å². The average molecular weight is 463 g/mol. The van der Waals surface area contributed by atoms with Crippen LogP contribution in [0, 0.1) is 6.92 Å². The minimum absolute atomic E-state index is 0.0554. The number of sulfone groups is 1. The van der Waals surface area contributed by atoms with Crippen LogP contribution in [0.2, 0.25) is 5.02 Å². The third-order valence-corrected chi connectivity index (χ3v) is 7.43. The average Bonchev–Trinajstić information content (AvgIpc) is 3.04. The smallest absolute Gasteiger partial charge is 0.212 e. The first kappa shape index (κ1) is 20.5. The molecule has 0 bridgehead atoms. The van der Waals surface area contributed by atoms with Gasteiger partial charge in [-0.25, -0.2) is 18.4 Å². The zero-order chi connectivity index (χ0) is 22.5. The third kappa shape index (κ3) is 3.39. The zero-order valence-electron chi connectivity index (χ0n) is 17.2. The largest absolute Gasteiger partial charge is 0.384 e. The summed E-state index contributed by atoms with van der Waals surface area (Å²) in [6, 6.07) is 21.4. The van der Waals surface area contributed by atoms with Gasteiger partial charge in [0, 0.05) is 5.02 Å². The molecule has 0 atom stereocenters. The molecule has 2 heterocycles. The van der Waals surface area contributed by atoms with Crippen molar-refractivity contribution in [2.75, 3.05) is 5.73 Å². The maximum Gasteiger partial charge on any atom is 0.212 e. The molecule has 0 saturated carbocycles. The number of nitrogen functional groups attached to an aromatic ring is 1. The van der Waals surface area contributed by atoms with Gasteiger partial charge in [0.25, 0.3) is 0 Å². The minimum atomic E-state index is -4.00. The fourth-order valence-electron chi connectivity index (χ4n) is 3.74. The molecule has 0 fully saturated rings. The summed E-state index contributed by atoms with van der Waals surface area (Å²) in [6.45, 7) is 2.37. The van der Waals surface area contributed by atoms with E-state index in [1.54, 1.807) is 22.8 Å². The van der Waals surface area contributed by atoms with Gasteiger partial charge in [0.05, 0.1) is 22.5 Å². The second-order valence-electron chi connectivity index (χ2n) is 7.63. The van der Waals surface area contributed by atoms with Crippen molar-refractivity contribution in [1.29, 1.82) is 0 Å². The van der Waals surface area contributed by atoms with Gasteiger partial charge < -0.3 is 10.3 Å². The van der Waals surface area contributed by atoms with E-state index in [-0.39, 0.29) is 21.1 Å². The number of para-hydroxylation sites is 2. The Morgan fingerprint density at radius 1 is 0.938 bits per heavy atom. The molecule has 3 aromatic carbocycles. The quantitative estimate of drug-likeness (QED) is 0.405. The Balaban J connectivity index is 1.81. The van der Waals surface area contributed by atoms with Gasteiger partial charge in [0.15, 0.2) is 5.65 Å². The second kappa shape index (κ2) is 7.62. The number of nitrogens with zero attached hydrogens (tertiary/aromatic N) is 3. The first-order chi connectivity index (χ1) is 15.3. The number of benzene rings is 3. The normalized spacial score (nSPS) is 11.9. The van der Waals surface area contributed by atoms with Crippen LogP contribution in [0.5, 0.6) is 0 Å². The maximum absolute atomic E-state index is 13.6. The van der Waals surface area contributed by atoms with E-state index in [1.165, 1.54) is 12.1 Å². The highest BCUT2D eigenvalue weighted by Crippen LogP contribution is 2.36. The first-order valence-electron chi connectivity index (χ1n) is 9.95. The highest BCUT2D eigenvalue weighted by Gasteiger charge is 2.30. The van der Waals surface area contributed by atoms with Gasteiger partial charge in [-0.2, -0.15) is 0 Å². The topological polar surface area (TPSA) is 90.9 Å². The Labute approximate surface area is 190 Å². The van der Waals surface area contributed by atoms with Crippen LogP contribution < -0.4 is 5.73 Å². The van der Waals surface area contributed by atoms with Crippen molar-refractivity contribution in [3.05, 3.63) is 88.9 Å². The first-order valence-corrected chi connectivity index (χ1v) is 11.8. The number of aryl methyl sites for hydroxylation is 1. The summed E-state index contributed by atoms with van der Waals surface area (Å²) in [5, 5.41) is 0.324. The summed E-state index contributed by atoms with van der Waals surface area (Å²) < 4.78 is 29.0. The van der Waals surface area contributed by atoms with Crippen molar-refractivity contribution in [3.63, 3.8) is 0 Å². The monoisotopic (exact) mass is 462 g/mol. The lowest BCUT2D eigenvalue weighted by Gasteiger charge is -2.09. The van der Waals surface area contributed by atoms with Crippen molar-refractivity contribution in [2.24, 2.45) is 0 Å². The van der Waals surface area contributed by atoms with Gasteiger partial charge in [0.1, 0.15) is 16.2 Å². The van der Waals surface area contributed by atoms with E-state index >= 15 is 0 Å². The molecule has 5 rings (SSSR count). The Bertz CT molecular complexity index is 1590. The highest BCUT2D eigenvalue weighted by molar-refractivity contribution is 7.92. The Kier molecular flexibility index (Phi) is 4.87. The van der Waals surface area contributed by atoms with Crippen LogP contribution in [0.25, 0.3) is 22.2 Å². The fourth-order valence-corrected chi connectivity index (χ4v) is 5.55. The molecule has 160 valence electrons. The van der Waals surface area contributed by atoms with Crippen LogP contribution in [-0.2, 0) is 16.4 Å². The third-order valence-electron chi connectivity index (χ3n) is 5.38. The molecule has 6 nitrogen and oxygen atoms in total. The standard InChI is InChI=1S/C24H19ClN4O2S/c1-15-9-11-16(12-10-15)14-29-23(26)22(32(30,31)18-6-4-5-17(25)13-18)21-24(29)28-20-8-3-2-7-19(20)27-21/h2-13H,14,26H2,1H3. The number of fused-ring (bicyclic) bond motifs is 2. The van der Waals surface area contributed by atoms with Gasteiger partial charge in [-0.1, -0.05) is 59.6 Å². The number of hydrogen-bond donors (Lipinski definition) is 1. The van der Waals surface area contributed by atoms with Gasteiger partial charge >= 0.3 is 0 Å². The second-order valence-corrected chi connectivity index (χ2v) is 9.95. The summed E-state index contributed by atoms with van der Waals surface area (Å²) in [7, 11) is -4.00. The number of nitrogens with two attached hydrogens (primary N) is 1. The maximum atomic E-state index is 13.6. The van der Waals surface area contributed by atoms with Crippen LogP contribution >= 0.6 is 11.6 Å². The minimum Gasteiger partial charge on any atom is -0.384 e. The zero-order valence-corrected chi connectivity index (χ0v) is 18.7. The Morgan fingerprint density at radius 2 is 1.62 bits per heavy atom. The summed E-state index contributed by atoms with van der Waals surface area (Å²) >= 11 is 6.07. The van der Waals surface area contributed by atoms with Crippen molar-refractivity contribution in [2.45, 2.75) is 23.3 Å². The van der Waals surface area contributed by atoms with Gasteiger partial charge in [-0.05, 0) is 42.8 Å². The molecule has 2 N–H and O–H groups in total. The SMILES string of the molecule is Cc1ccc(Cn2c(N)c(S(=O)(=O)c3cccc(Cl)c3)c3nc4ccccc4nc32)cc1. The molecule has 0 saturated heterocycles. The number of rotatable bonds is 4. The molecule has 5 aromatic rings. The molecule has 8 heteroatoms. The molecule has 0 aliphatic carbocycles. The van der Waals surface area contributed by atoms with Crippen LogP contribution in [0.4, 0.5) is 5.82 Å². The molecule has 2 aromatic heterocycles. The summed E-state index contributed by atoms with van der Waals surface area (Å²) in [4.78, 5) is 9.38. The predicted octanol–water partition coefficient (Wildman–Crippen LogP) is 5.01. The lowest BCUT2D eigenvalue weighted by Crippen LogP contribution is -2.09. The predicted molar refractivity (Wildman–Crippen MR) is 127 cm³/mol. The molecule has 0 spiro atoms. The van der Waals surface area contributed by atoms with Crippen molar-refractivity contribution < 1.29 is 8.42 Å². The van der Waals surface area contributed by atoms with E-state index in [4.69, 9.17) is 22.3 Å². The highest BCUT2D eigenvalue weighted by atomic mass is 35.5. The van der Waals surface area contributed by atoms with Crippen LogP contribution in [-0.4, -0.2) is 23.0 Å². The molecule has 0 amide bonds. The van der Waals surface area contributed by atoms with Crippen molar-refractivity contribution in [3.8, 4) is 0 Å². The van der Waals surface area contributed by atoms with Crippen molar-refractivity contribution in [1.82, 2.24) is 14.5 Å². The molecule has 32 heavy (non-hydrogen) atoms. The molecule has 0 aliphatic rings. The van der Waals surface area contributed by atoms with Gasteiger partial charge in [-0.3, -0.25) is 0 Å². The van der Waals surface area contributed by atoms with E-state index in [1.807, 2.05) is 49.4 Å². The molecule has 0 radical (unpaired) electrons. The summed E-state index contributed by atoms with van der Waals surface area (Å²) in [5.41, 5.74) is 10.5. The van der Waals surface area contributed by atoms with E-state index in [0.29, 0.717) is 28.2 Å². The van der Waals surface area contributed by atoms with Gasteiger partial charge in [0.2, 0.25) is 9.84 Å². The van der Waals surface area contributed by atoms with Gasteiger partial charge in [-0.15, -0.1) is 0 Å². The summed E-state index contributed by atoms with van der Waals surface area (Å²) in [6.07, 6.45) is 0. The molecular weight excluding hydrogens is 444 g/mol. The fraction of sp³-hybridized carbons (Fsp3) is 0.0833. The molecule has 0 unspecified atom stereocenters. The Hall–Kier alpha value is -3.42. The number of halogens is 1. The number of anilines is 1. The lowest BCUT2D eigenvalue weighted by molar-refractivity contribution is 0.597. The lowest BCUT2D eigenvalue weighted by atomic mass is 10.1. The van der Waals surface area contributed by atoms with E-state index in [9.17, 15) is 8.42 Å². The van der Waals surface area contributed by atoms with E-state index < -0.39 is 9.84 Å². The van der Waals surface area contributed by atoms with Crippen LogP contribution in [0.3, 0.4) is 0 Å². The van der Waals surface area contributed by atoms with Crippen LogP contribution in [0.15, 0.2) is 82.6 Å². The van der Waals surface area contributed by atoms with E-state index in [2.05, 4.69) is 4.98 Å². The number of hydrogen-bond acceptors (Lipinski definition) is 5.